The molecule has 2 aromatic rings. The molecule has 12 heteroatoms. The van der Waals surface area contributed by atoms with E-state index >= 15 is 0 Å². The van der Waals surface area contributed by atoms with Gasteiger partial charge in [-0.25, -0.2) is 9.18 Å². The molecule has 3 atom stereocenters. The van der Waals surface area contributed by atoms with Crippen molar-refractivity contribution in [1.82, 2.24) is 21.3 Å². The van der Waals surface area contributed by atoms with Crippen LogP contribution < -0.4 is 27.0 Å². The van der Waals surface area contributed by atoms with Gasteiger partial charge in [0, 0.05) is 6.42 Å². The molecule has 0 aliphatic rings. The van der Waals surface area contributed by atoms with Crippen LogP contribution >= 0.6 is 0 Å². The largest absolute Gasteiger partial charge is 0.467 e. The minimum absolute atomic E-state index is 0.0923. The molecule has 6 N–H and O–H groups in total. The van der Waals surface area contributed by atoms with Crippen LogP contribution in [0.1, 0.15) is 31.4 Å². The molecule has 0 saturated heterocycles. The molecule has 0 fully saturated rings. The maximum atomic E-state index is 13.1. The Morgan fingerprint density at radius 3 is 2.00 bits per heavy atom. The number of ether oxygens (including phenoxy) is 1. The van der Waals surface area contributed by atoms with Crippen molar-refractivity contribution in [2.24, 2.45) is 11.7 Å². The molecule has 11 nitrogen and oxygen atoms in total. The third-order valence-electron chi connectivity index (χ3n) is 6.02. The number of halogens is 1. The Balaban J connectivity index is 1.91. The zero-order chi connectivity index (χ0) is 30.4. The lowest BCUT2D eigenvalue weighted by molar-refractivity contribution is -0.145. The third-order valence-corrected chi connectivity index (χ3v) is 6.02. The predicted molar refractivity (Wildman–Crippen MR) is 150 cm³/mol. The smallest absolute Gasteiger partial charge is 0.328 e. The SMILES string of the molecule is COC(=O)[C@H](CC(C)C)NC(=O)[C@H](Cc1ccccc1)NC(=O)CNC(=O)CNC(=O)[C@@H](N)Cc1ccc(F)cc1. The summed E-state index contributed by atoms with van der Waals surface area (Å²) in [4.78, 5) is 62.4. The monoisotopic (exact) mass is 571 g/mol. The average molecular weight is 572 g/mol. The highest BCUT2D eigenvalue weighted by Crippen LogP contribution is 2.09. The summed E-state index contributed by atoms with van der Waals surface area (Å²) in [5.74, 6) is -3.36. The van der Waals surface area contributed by atoms with Crippen molar-refractivity contribution >= 4 is 29.6 Å². The van der Waals surface area contributed by atoms with Crippen LogP contribution in [0.25, 0.3) is 0 Å². The Morgan fingerprint density at radius 2 is 1.39 bits per heavy atom. The molecule has 0 aliphatic heterocycles. The van der Waals surface area contributed by atoms with Gasteiger partial charge in [0.15, 0.2) is 0 Å². The zero-order valence-electron chi connectivity index (χ0n) is 23.4. The number of nitrogens with one attached hydrogen (secondary N) is 4. The molecule has 0 aromatic heterocycles. The molecule has 0 bridgehead atoms. The topological polar surface area (TPSA) is 169 Å². The van der Waals surface area contributed by atoms with E-state index in [4.69, 9.17) is 10.5 Å². The molecular formula is C29H38FN5O6. The molecule has 0 radical (unpaired) electrons. The van der Waals surface area contributed by atoms with Crippen LogP contribution in [-0.4, -0.2) is 67.9 Å². The van der Waals surface area contributed by atoms with Crippen LogP contribution in [0.3, 0.4) is 0 Å². The predicted octanol–water partition coefficient (Wildman–Crippen LogP) is 0.359. The maximum absolute atomic E-state index is 13.1. The second kappa shape index (κ2) is 16.7. The number of esters is 1. The minimum Gasteiger partial charge on any atom is -0.467 e. The van der Waals surface area contributed by atoms with Gasteiger partial charge < -0.3 is 31.7 Å². The molecule has 0 spiro atoms. The van der Waals surface area contributed by atoms with Gasteiger partial charge in [0.2, 0.25) is 23.6 Å². The van der Waals surface area contributed by atoms with Crippen molar-refractivity contribution in [3.05, 3.63) is 71.5 Å². The number of methoxy groups -OCH3 is 1. The van der Waals surface area contributed by atoms with Crippen molar-refractivity contribution in [2.75, 3.05) is 20.2 Å². The lowest BCUT2D eigenvalue weighted by Crippen LogP contribution is -2.54. The molecular weight excluding hydrogens is 533 g/mol. The Morgan fingerprint density at radius 1 is 0.780 bits per heavy atom. The molecule has 2 rings (SSSR count). The molecule has 4 amide bonds. The quantitative estimate of drug-likeness (QED) is 0.192. The minimum atomic E-state index is -1.04. The van der Waals surface area contributed by atoms with Gasteiger partial charge in [0.1, 0.15) is 17.9 Å². The van der Waals surface area contributed by atoms with Crippen LogP contribution in [0.2, 0.25) is 0 Å². The molecule has 2 aromatic carbocycles. The Bertz CT molecular complexity index is 1180. The number of nitrogens with two attached hydrogens (primary N) is 1. The van der Waals surface area contributed by atoms with E-state index in [2.05, 4.69) is 21.3 Å². The summed E-state index contributed by atoms with van der Waals surface area (Å²) in [7, 11) is 1.23. The highest BCUT2D eigenvalue weighted by atomic mass is 19.1. The van der Waals surface area contributed by atoms with Crippen LogP contribution in [-0.2, 0) is 41.6 Å². The lowest BCUT2D eigenvalue weighted by atomic mass is 10.0. The fourth-order valence-corrected chi connectivity index (χ4v) is 3.91. The van der Waals surface area contributed by atoms with E-state index in [9.17, 15) is 28.4 Å². The van der Waals surface area contributed by atoms with Gasteiger partial charge in [-0.1, -0.05) is 56.3 Å². The number of carbonyl (C=O) groups excluding carboxylic acids is 5. The number of amides is 4. The summed E-state index contributed by atoms with van der Waals surface area (Å²) in [6.45, 7) is 2.92. The van der Waals surface area contributed by atoms with E-state index in [1.165, 1.54) is 31.4 Å². The van der Waals surface area contributed by atoms with Gasteiger partial charge >= 0.3 is 5.97 Å². The Hall–Kier alpha value is -4.32. The van der Waals surface area contributed by atoms with Crippen LogP contribution in [0, 0.1) is 11.7 Å². The van der Waals surface area contributed by atoms with Gasteiger partial charge in [0.25, 0.3) is 0 Å². The van der Waals surface area contributed by atoms with Crippen LogP contribution in [0.5, 0.6) is 0 Å². The normalized spacial score (nSPS) is 12.9. The molecule has 0 heterocycles. The van der Waals surface area contributed by atoms with Crippen molar-refractivity contribution in [2.45, 2.75) is 51.2 Å². The van der Waals surface area contributed by atoms with Crippen molar-refractivity contribution in [3.8, 4) is 0 Å². The summed E-state index contributed by atoms with van der Waals surface area (Å²) in [6.07, 6.45) is 0.638. The zero-order valence-corrected chi connectivity index (χ0v) is 23.4. The van der Waals surface area contributed by atoms with Gasteiger partial charge in [-0.05, 0) is 42.0 Å². The Kier molecular flexibility index (Phi) is 13.4. The Labute approximate surface area is 238 Å². The van der Waals surface area contributed by atoms with Crippen molar-refractivity contribution in [1.29, 1.82) is 0 Å². The molecule has 0 aliphatic carbocycles. The molecule has 41 heavy (non-hydrogen) atoms. The number of hydrogen-bond donors (Lipinski definition) is 5. The van der Waals surface area contributed by atoms with E-state index in [1.54, 1.807) is 24.3 Å². The molecule has 0 saturated carbocycles. The first kappa shape index (κ1) is 32.9. The van der Waals surface area contributed by atoms with E-state index in [0.717, 1.165) is 5.56 Å². The lowest BCUT2D eigenvalue weighted by Gasteiger charge is -2.23. The highest BCUT2D eigenvalue weighted by Gasteiger charge is 2.28. The van der Waals surface area contributed by atoms with E-state index < -0.39 is 66.6 Å². The summed E-state index contributed by atoms with van der Waals surface area (Å²) in [5, 5.41) is 10.0. The van der Waals surface area contributed by atoms with Crippen molar-refractivity contribution < 1.29 is 33.1 Å². The van der Waals surface area contributed by atoms with E-state index in [1.807, 2.05) is 19.9 Å². The summed E-state index contributed by atoms with van der Waals surface area (Å²) >= 11 is 0. The second-order valence-electron chi connectivity index (χ2n) is 9.96. The second-order valence-corrected chi connectivity index (χ2v) is 9.96. The van der Waals surface area contributed by atoms with E-state index in [0.29, 0.717) is 12.0 Å². The maximum Gasteiger partial charge on any atom is 0.328 e. The third kappa shape index (κ3) is 12.2. The number of hydrogen-bond acceptors (Lipinski definition) is 7. The van der Waals surface area contributed by atoms with E-state index in [-0.39, 0.29) is 18.8 Å². The fraction of sp³-hybridized carbons (Fsp3) is 0.414. The summed E-state index contributed by atoms with van der Waals surface area (Å²) in [6, 6.07) is 11.7. The number of carbonyl (C=O) groups is 5. The standard InChI is InChI=1S/C29H38FN5O6/c1-18(2)13-24(29(40)41-3)35-28(39)23(15-19-7-5-4-6-8-19)34-26(37)17-32-25(36)16-33-27(38)22(31)14-20-9-11-21(30)12-10-20/h4-12,18,22-24H,13-17,31H2,1-3H3,(H,32,36)(H,33,38)(H,34,37)(H,35,39)/t22-,23-,24-/m0/s1. The summed E-state index contributed by atoms with van der Waals surface area (Å²) < 4.78 is 17.8. The first-order valence-electron chi connectivity index (χ1n) is 13.2. The van der Waals surface area contributed by atoms with Crippen molar-refractivity contribution in [3.63, 3.8) is 0 Å². The fourth-order valence-electron chi connectivity index (χ4n) is 3.91. The first-order chi connectivity index (χ1) is 19.5. The first-order valence-corrected chi connectivity index (χ1v) is 13.2. The van der Waals surface area contributed by atoms with Gasteiger partial charge in [-0.2, -0.15) is 0 Å². The number of benzene rings is 2. The molecule has 0 unspecified atom stereocenters. The van der Waals surface area contributed by atoms with Crippen LogP contribution in [0.15, 0.2) is 54.6 Å². The average Bonchev–Trinajstić information content (AvgIpc) is 2.95. The highest BCUT2D eigenvalue weighted by molar-refractivity contribution is 5.93. The number of rotatable bonds is 15. The molecule has 222 valence electrons. The van der Waals surface area contributed by atoms with Gasteiger partial charge in [-0.3, -0.25) is 19.2 Å². The van der Waals surface area contributed by atoms with Crippen LogP contribution in [0.4, 0.5) is 4.39 Å². The summed E-state index contributed by atoms with van der Waals surface area (Å²) in [5.41, 5.74) is 7.29. The van der Waals surface area contributed by atoms with Gasteiger partial charge in [-0.15, -0.1) is 0 Å². The van der Waals surface area contributed by atoms with Gasteiger partial charge in [0.05, 0.1) is 26.2 Å².